The van der Waals surface area contributed by atoms with Crippen LogP contribution in [0.2, 0.25) is 0 Å². The van der Waals surface area contributed by atoms with Crippen LogP contribution >= 0.6 is 0 Å². The third kappa shape index (κ3) is 5.68. The van der Waals surface area contributed by atoms with E-state index in [0.717, 1.165) is 11.3 Å². The lowest BCUT2D eigenvalue weighted by molar-refractivity contribution is -0.117. The highest BCUT2D eigenvalue weighted by Gasteiger charge is 2.25. The SMILES string of the molecule is C=CCOc1ccccc1C(=O)N1CCN(CC(=O)Nc2ccc(C)cc2)CC1. The van der Waals surface area contributed by atoms with E-state index in [2.05, 4.69) is 16.8 Å². The van der Waals surface area contributed by atoms with Crippen LogP contribution in [0.25, 0.3) is 0 Å². The summed E-state index contributed by atoms with van der Waals surface area (Å²) in [5.74, 6) is 0.475. The number of piperazine rings is 1. The zero-order valence-corrected chi connectivity index (χ0v) is 16.8. The predicted octanol–water partition coefficient (Wildman–Crippen LogP) is 2.96. The van der Waals surface area contributed by atoms with Crippen LogP contribution in [0.3, 0.4) is 0 Å². The quantitative estimate of drug-likeness (QED) is 0.735. The van der Waals surface area contributed by atoms with Gasteiger partial charge in [-0.1, -0.05) is 42.5 Å². The van der Waals surface area contributed by atoms with E-state index in [9.17, 15) is 9.59 Å². The Morgan fingerprint density at radius 2 is 1.76 bits per heavy atom. The molecule has 1 heterocycles. The molecule has 0 aliphatic carbocycles. The minimum atomic E-state index is -0.0478. The second-order valence-corrected chi connectivity index (χ2v) is 7.08. The van der Waals surface area contributed by atoms with Gasteiger partial charge in [0, 0.05) is 31.9 Å². The molecule has 152 valence electrons. The molecule has 0 spiro atoms. The van der Waals surface area contributed by atoms with Gasteiger partial charge in [0.25, 0.3) is 5.91 Å². The van der Waals surface area contributed by atoms with Crippen molar-refractivity contribution in [3.05, 3.63) is 72.3 Å². The van der Waals surface area contributed by atoms with E-state index in [0.29, 0.717) is 50.6 Å². The zero-order chi connectivity index (χ0) is 20.6. The van der Waals surface area contributed by atoms with E-state index in [-0.39, 0.29) is 11.8 Å². The molecule has 6 nitrogen and oxygen atoms in total. The summed E-state index contributed by atoms with van der Waals surface area (Å²) in [5, 5.41) is 2.92. The average Bonchev–Trinajstić information content (AvgIpc) is 2.74. The van der Waals surface area contributed by atoms with Crippen LogP contribution in [0.5, 0.6) is 5.75 Å². The van der Waals surface area contributed by atoms with Gasteiger partial charge in [0.1, 0.15) is 12.4 Å². The van der Waals surface area contributed by atoms with E-state index in [1.807, 2.05) is 48.2 Å². The second-order valence-electron chi connectivity index (χ2n) is 7.08. The molecule has 1 aliphatic heterocycles. The molecule has 6 heteroatoms. The number of nitrogens with zero attached hydrogens (tertiary/aromatic N) is 2. The van der Waals surface area contributed by atoms with E-state index < -0.39 is 0 Å². The second kappa shape index (κ2) is 9.89. The zero-order valence-electron chi connectivity index (χ0n) is 16.8. The van der Waals surface area contributed by atoms with Crippen molar-refractivity contribution in [2.24, 2.45) is 0 Å². The van der Waals surface area contributed by atoms with Crippen LogP contribution < -0.4 is 10.1 Å². The van der Waals surface area contributed by atoms with Gasteiger partial charge in [-0.05, 0) is 31.2 Å². The lowest BCUT2D eigenvalue weighted by atomic mass is 10.1. The Hall–Kier alpha value is -3.12. The molecule has 0 aromatic heterocycles. The highest BCUT2D eigenvalue weighted by molar-refractivity contribution is 5.97. The molecule has 0 radical (unpaired) electrons. The first-order chi connectivity index (χ1) is 14.1. The molecular formula is C23H27N3O3. The number of aryl methyl sites for hydroxylation is 1. The van der Waals surface area contributed by atoms with Crippen LogP contribution in [-0.2, 0) is 4.79 Å². The Labute approximate surface area is 171 Å². The molecule has 0 atom stereocenters. The van der Waals surface area contributed by atoms with Gasteiger partial charge in [0.15, 0.2) is 0 Å². The van der Waals surface area contributed by atoms with E-state index in [1.165, 1.54) is 0 Å². The van der Waals surface area contributed by atoms with Crippen molar-refractivity contribution < 1.29 is 14.3 Å². The Morgan fingerprint density at radius 1 is 1.07 bits per heavy atom. The van der Waals surface area contributed by atoms with Crippen molar-refractivity contribution in [3.63, 3.8) is 0 Å². The number of amides is 2. The number of hydrogen-bond donors (Lipinski definition) is 1. The fourth-order valence-corrected chi connectivity index (χ4v) is 3.24. The van der Waals surface area contributed by atoms with Crippen molar-refractivity contribution in [2.45, 2.75) is 6.92 Å². The maximum atomic E-state index is 12.9. The van der Waals surface area contributed by atoms with Gasteiger partial charge >= 0.3 is 0 Å². The summed E-state index contributed by atoms with van der Waals surface area (Å²) >= 11 is 0. The Kier molecular flexibility index (Phi) is 7.03. The monoisotopic (exact) mass is 393 g/mol. The summed E-state index contributed by atoms with van der Waals surface area (Å²) in [6.45, 7) is 8.79. The summed E-state index contributed by atoms with van der Waals surface area (Å²) in [6, 6.07) is 15.0. The highest BCUT2D eigenvalue weighted by Crippen LogP contribution is 2.21. The van der Waals surface area contributed by atoms with Gasteiger partial charge in [-0.3, -0.25) is 14.5 Å². The number of carbonyl (C=O) groups excluding carboxylic acids is 2. The summed E-state index contributed by atoms with van der Waals surface area (Å²) in [4.78, 5) is 29.1. The molecule has 1 N–H and O–H groups in total. The molecule has 1 fully saturated rings. The fraction of sp³-hybridized carbons (Fsp3) is 0.304. The maximum absolute atomic E-state index is 12.9. The minimum absolute atomic E-state index is 0.0446. The molecule has 1 saturated heterocycles. The molecule has 0 bridgehead atoms. The number of benzene rings is 2. The van der Waals surface area contributed by atoms with Crippen molar-refractivity contribution in [1.29, 1.82) is 0 Å². The fourth-order valence-electron chi connectivity index (χ4n) is 3.24. The minimum Gasteiger partial charge on any atom is -0.489 e. The van der Waals surface area contributed by atoms with E-state index in [4.69, 9.17) is 4.74 Å². The highest BCUT2D eigenvalue weighted by atomic mass is 16.5. The van der Waals surface area contributed by atoms with Gasteiger partial charge in [0.2, 0.25) is 5.91 Å². The van der Waals surface area contributed by atoms with Gasteiger partial charge in [-0.2, -0.15) is 0 Å². The van der Waals surface area contributed by atoms with Crippen molar-refractivity contribution in [3.8, 4) is 5.75 Å². The van der Waals surface area contributed by atoms with Crippen molar-refractivity contribution >= 4 is 17.5 Å². The van der Waals surface area contributed by atoms with Gasteiger partial charge < -0.3 is 15.0 Å². The predicted molar refractivity (Wildman–Crippen MR) is 114 cm³/mol. The Morgan fingerprint density at radius 3 is 2.45 bits per heavy atom. The molecular weight excluding hydrogens is 366 g/mol. The lowest BCUT2D eigenvalue weighted by Gasteiger charge is -2.34. The summed E-state index contributed by atoms with van der Waals surface area (Å²) in [6.07, 6.45) is 1.65. The Bertz CT molecular complexity index is 856. The third-order valence-corrected chi connectivity index (χ3v) is 4.84. The number of nitrogens with one attached hydrogen (secondary N) is 1. The normalized spacial score (nSPS) is 14.3. The van der Waals surface area contributed by atoms with Gasteiger partial charge in [0.05, 0.1) is 12.1 Å². The van der Waals surface area contributed by atoms with Crippen LogP contribution in [0, 0.1) is 6.92 Å². The number of carbonyl (C=O) groups is 2. The molecule has 1 aliphatic rings. The largest absolute Gasteiger partial charge is 0.489 e. The number of para-hydroxylation sites is 1. The summed E-state index contributed by atoms with van der Waals surface area (Å²) in [5.41, 5.74) is 2.51. The van der Waals surface area contributed by atoms with Gasteiger partial charge in [-0.15, -0.1) is 0 Å². The van der Waals surface area contributed by atoms with E-state index in [1.54, 1.807) is 18.2 Å². The van der Waals surface area contributed by atoms with E-state index >= 15 is 0 Å². The number of hydrogen-bond acceptors (Lipinski definition) is 4. The van der Waals surface area contributed by atoms with Crippen LogP contribution in [0.15, 0.2) is 61.2 Å². The topological polar surface area (TPSA) is 61.9 Å². The molecule has 2 aromatic carbocycles. The smallest absolute Gasteiger partial charge is 0.257 e. The molecule has 3 rings (SSSR count). The third-order valence-electron chi connectivity index (χ3n) is 4.84. The number of anilines is 1. The van der Waals surface area contributed by atoms with Crippen LogP contribution in [0.4, 0.5) is 5.69 Å². The molecule has 29 heavy (non-hydrogen) atoms. The van der Waals surface area contributed by atoms with Crippen molar-refractivity contribution in [2.75, 3.05) is 44.6 Å². The number of ether oxygens (including phenoxy) is 1. The summed E-state index contributed by atoms with van der Waals surface area (Å²) < 4.78 is 5.61. The molecule has 0 unspecified atom stereocenters. The number of rotatable bonds is 7. The van der Waals surface area contributed by atoms with Gasteiger partial charge in [-0.25, -0.2) is 0 Å². The lowest BCUT2D eigenvalue weighted by Crippen LogP contribution is -2.50. The standard InChI is InChI=1S/C23H27N3O3/c1-3-16-29-21-7-5-4-6-20(21)23(28)26-14-12-25(13-15-26)17-22(27)24-19-10-8-18(2)9-11-19/h3-11H,1,12-17H2,2H3,(H,24,27). The molecule has 2 amide bonds. The first-order valence-electron chi connectivity index (χ1n) is 9.77. The van der Waals surface area contributed by atoms with Crippen LogP contribution in [0.1, 0.15) is 15.9 Å². The Balaban J connectivity index is 1.51. The van der Waals surface area contributed by atoms with Crippen LogP contribution in [-0.4, -0.2) is 60.9 Å². The molecule has 0 saturated carbocycles. The van der Waals surface area contributed by atoms with Crippen molar-refractivity contribution in [1.82, 2.24) is 9.80 Å². The first-order valence-corrected chi connectivity index (χ1v) is 9.77. The first kappa shape index (κ1) is 20.6. The average molecular weight is 393 g/mol. The summed E-state index contributed by atoms with van der Waals surface area (Å²) in [7, 11) is 0. The maximum Gasteiger partial charge on any atom is 0.257 e. The molecule has 2 aromatic rings.